The van der Waals surface area contributed by atoms with Gasteiger partial charge in [0.1, 0.15) is 0 Å². The number of ether oxygens (including phenoxy) is 1. The third-order valence-corrected chi connectivity index (χ3v) is 7.29. The number of amides is 1. The average Bonchev–Trinajstić information content (AvgIpc) is 3.46. The standard InChI is InChI=1S/C24H29ClN6O4/c1-15(12-30-13-18(25)11-26-30)31-20-4-3-16-5-10-29(24(34)35-2)14-19(16)21(20)27-23(31)28-8-6-17(7-9-28)22(32)33/h3-4,11,13,15,17H,5-10,12,14H2,1-2H3,(H,32,33)/t15-/m0/s1. The summed E-state index contributed by atoms with van der Waals surface area (Å²) in [7, 11) is 1.40. The average molecular weight is 501 g/mol. The molecule has 0 radical (unpaired) electrons. The zero-order valence-electron chi connectivity index (χ0n) is 19.9. The van der Waals surface area contributed by atoms with E-state index >= 15 is 0 Å². The third kappa shape index (κ3) is 4.42. The van der Waals surface area contributed by atoms with Crippen LogP contribution in [-0.2, 0) is 29.0 Å². The Morgan fingerprint density at radius 1 is 1.26 bits per heavy atom. The van der Waals surface area contributed by atoms with Gasteiger partial charge in [0.25, 0.3) is 0 Å². The van der Waals surface area contributed by atoms with Crippen molar-refractivity contribution >= 4 is 40.6 Å². The Morgan fingerprint density at radius 3 is 2.69 bits per heavy atom. The highest BCUT2D eigenvalue weighted by Gasteiger charge is 2.31. The molecule has 186 valence electrons. The van der Waals surface area contributed by atoms with Crippen LogP contribution in [0.3, 0.4) is 0 Å². The molecule has 35 heavy (non-hydrogen) atoms. The van der Waals surface area contributed by atoms with Crippen molar-refractivity contribution in [3.05, 3.63) is 40.7 Å². The normalized spacial score (nSPS) is 17.5. The summed E-state index contributed by atoms with van der Waals surface area (Å²) in [5, 5.41) is 14.4. The van der Waals surface area contributed by atoms with Crippen LogP contribution in [0.25, 0.3) is 11.0 Å². The summed E-state index contributed by atoms with van der Waals surface area (Å²) in [4.78, 5) is 32.7. The van der Waals surface area contributed by atoms with Crippen LogP contribution in [0.4, 0.5) is 10.7 Å². The number of nitrogens with zero attached hydrogens (tertiary/aromatic N) is 6. The van der Waals surface area contributed by atoms with Gasteiger partial charge < -0.3 is 24.2 Å². The van der Waals surface area contributed by atoms with Gasteiger partial charge >= 0.3 is 12.1 Å². The predicted molar refractivity (Wildman–Crippen MR) is 131 cm³/mol. The van der Waals surface area contributed by atoms with Crippen molar-refractivity contribution in [2.75, 3.05) is 31.6 Å². The highest BCUT2D eigenvalue weighted by atomic mass is 35.5. The molecule has 1 N–H and O–H groups in total. The minimum atomic E-state index is -0.737. The second-order valence-electron chi connectivity index (χ2n) is 9.32. The number of benzene rings is 1. The number of hydrogen-bond donors (Lipinski definition) is 1. The highest BCUT2D eigenvalue weighted by molar-refractivity contribution is 6.30. The van der Waals surface area contributed by atoms with Gasteiger partial charge in [-0.1, -0.05) is 17.7 Å². The Hall–Kier alpha value is -3.27. The molecule has 3 aromatic rings. The first kappa shape index (κ1) is 23.5. The van der Waals surface area contributed by atoms with Crippen LogP contribution in [0.5, 0.6) is 0 Å². The van der Waals surface area contributed by atoms with Gasteiger partial charge in [0.15, 0.2) is 0 Å². The molecule has 11 heteroatoms. The van der Waals surface area contributed by atoms with Crippen LogP contribution in [0.15, 0.2) is 24.5 Å². The fourth-order valence-electron chi connectivity index (χ4n) is 5.24. The number of carbonyl (C=O) groups is 2. The molecule has 5 rings (SSSR count). The Bertz CT molecular complexity index is 1260. The summed E-state index contributed by atoms with van der Waals surface area (Å²) in [6.45, 7) is 5.01. The smallest absolute Gasteiger partial charge is 0.409 e. The number of carboxylic acid groups (broad SMARTS) is 1. The minimum Gasteiger partial charge on any atom is -0.481 e. The maximum absolute atomic E-state index is 12.2. The van der Waals surface area contributed by atoms with Crippen molar-refractivity contribution in [3.8, 4) is 0 Å². The van der Waals surface area contributed by atoms with Crippen LogP contribution in [-0.4, -0.2) is 68.1 Å². The van der Waals surface area contributed by atoms with E-state index in [-0.39, 0.29) is 18.1 Å². The molecule has 0 spiro atoms. The fraction of sp³-hybridized carbons (Fsp3) is 0.500. The van der Waals surface area contributed by atoms with E-state index < -0.39 is 5.97 Å². The lowest BCUT2D eigenvalue weighted by Gasteiger charge is -2.32. The zero-order chi connectivity index (χ0) is 24.7. The molecule has 0 bridgehead atoms. The molecule has 2 aliphatic heterocycles. The van der Waals surface area contributed by atoms with E-state index in [0.29, 0.717) is 50.6 Å². The van der Waals surface area contributed by atoms with E-state index in [1.54, 1.807) is 17.3 Å². The van der Waals surface area contributed by atoms with E-state index in [1.807, 2.05) is 4.68 Å². The van der Waals surface area contributed by atoms with Gasteiger partial charge in [-0.3, -0.25) is 9.48 Å². The van der Waals surface area contributed by atoms with Gasteiger partial charge in [-0.05, 0) is 37.8 Å². The number of methoxy groups -OCH3 is 1. The molecule has 1 saturated heterocycles. The summed E-state index contributed by atoms with van der Waals surface area (Å²) in [6.07, 6.45) is 4.98. The fourth-order valence-corrected chi connectivity index (χ4v) is 5.40. The van der Waals surface area contributed by atoms with E-state index in [1.165, 1.54) is 12.7 Å². The number of aromatic nitrogens is 4. The largest absolute Gasteiger partial charge is 0.481 e. The van der Waals surface area contributed by atoms with E-state index in [4.69, 9.17) is 21.3 Å². The van der Waals surface area contributed by atoms with Gasteiger partial charge in [-0.15, -0.1) is 0 Å². The first-order valence-electron chi connectivity index (χ1n) is 11.9. The molecule has 0 unspecified atom stereocenters. The molecule has 1 aromatic carbocycles. The maximum Gasteiger partial charge on any atom is 0.409 e. The lowest BCUT2D eigenvalue weighted by molar-refractivity contribution is -0.142. The molecule has 2 aliphatic rings. The first-order valence-corrected chi connectivity index (χ1v) is 12.2. The van der Waals surface area contributed by atoms with Crippen molar-refractivity contribution in [1.29, 1.82) is 0 Å². The van der Waals surface area contributed by atoms with Gasteiger partial charge in [-0.2, -0.15) is 5.10 Å². The van der Waals surface area contributed by atoms with Gasteiger partial charge in [0, 0.05) is 31.4 Å². The first-order chi connectivity index (χ1) is 16.9. The number of hydrogen-bond acceptors (Lipinski definition) is 6. The predicted octanol–water partition coefficient (Wildman–Crippen LogP) is 3.57. The molecule has 1 fully saturated rings. The van der Waals surface area contributed by atoms with Crippen LogP contribution in [0, 0.1) is 5.92 Å². The number of fused-ring (bicyclic) bond motifs is 3. The number of carbonyl (C=O) groups excluding carboxylic acids is 1. The number of piperidine rings is 1. The summed E-state index contributed by atoms with van der Waals surface area (Å²) in [6, 6.07) is 4.23. The lowest BCUT2D eigenvalue weighted by atomic mass is 9.97. The summed E-state index contributed by atoms with van der Waals surface area (Å²) >= 11 is 6.09. The Morgan fingerprint density at radius 2 is 2.03 bits per heavy atom. The van der Waals surface area contributed by atoms with Crippen LogP contribution < -0.4 is 4.90 Å². The Labute approximate surface area is 208 Å². The number of rotatable bonds is 5. The quantitative estimate of drug-likeness (QED) is 0.570. The van der Waals surface area contributed by atoms with E-state index in [9.17, 15) is 14.7 Å². The molecule has 0 aliphatic carbocycles. The molecular formula is C24H29ClN6O4. The van der Waals surface area contributed by atoms with Crippen molar-refractivity contribution in [1.82, 2.24) is 24.2 Å². The number of carboxylic acids is 1. The molecule has 2 aromatic heterocycles. The Balaban J connectivity index is 1.56. The van der Waals surface area contributed by atoms with Gasteiger partial charge in [0.2, 0.25) is 5.95 Å². The SMILES string of the molecule is COC(=O)N1CCc2ccc3c(nc(N4CCC(C(=O)O)CC4)n3[C@@H](C)Cn3cc(Cl)cn3)c2C1. The number of imidazole rings is 1. The molecule has 4 heterocycles. The third-order valence-electron chi connectivity index (χ3n) is 7.10. The molecule has 1 atom stereocenters. The van der Waals surface area contributed by atoms with E-state index in [2.05, 4.69) is 33.6 Å². The lowest BCUT2D eigenvalue weighted by Crippen LogP contribution is -2.38. The maximum atomic E-state index is 12.2. The highest BCUT2D eigenvalue weighted by Crippen LogP contribution is 2.35. The van der Waals surface area contributed by atoms with Crippen molar-refractivity contribution in [2.45, 2.75) is 45.3 Å². The number of aliphatic carboxylic acids is 1. The summed E-state index contributed by atoms with van der Waals surface area (Å²) in [5.74, 6) is -0.244. The monoisotopic (exact) mass is 500 g/mol. The van der Waals surface area contributed by atoms with E-state index in [0.717, 1.165) is 29.0 Å². The summed E-state index contributed by atoms with van der Waals surface area (Å²) < 4.78 is 8.99. The van der Waals surface area contributed by atoms with Gasteiger partial charge in [0.05, 0.1) is 54.4 Å². The van der Waals surface area contributed by atoms with Gasteiger partial charge in [-0.25, -0.2) is 9.78 Å². The molecule has 10 nitrogen and oxygen atoms in total. The topological polar surface area (TPSA) is 106 Å². The minimum absolute atomic E-state index is 0.00140. The van der Waals surface area contributed by atoms with Crippen molar-refractivity contribution in [3.63, 3.8) is 0 Å². The van der Waals surface area contributed by atoms with Crippen molar-refractivity contribution in [2.24, 2.45) is 5.92 Å². The molecule has 0 saturated carbocycles. The van der Waals surface area contributed by atoms with Crippen LogP contribution in [0.2, 0.25) is 5.02 Å². The number of anilines is 1. The number of halogens is 1. The summed E-state index contributed by atoms with van der Waals surface area (Å²) in [5.41, 5.74) is 4.08. The Kier molecular flexibility index (Phi) is 6.31. The molecular weight excluding hydrogens is 472 g/mol. The zero-order valence-corrected chi connectivity index (χ0v) is 20.6. The van der Waals surface area contributed by atoms with Crippen LogP contribution in [0.1, 0.15) is 36.9 Å². The second-order valence-corrected chi connectivity index (χ2v) is 9.76. The van der Waals surface area contributed by atoms with Crippen LogP contribution >= 0.6 is 11.6 Å². The molecule has 1 amide bonds. The second kappa shape index (κ2) is 9.41. The van der Waals surface area contributed by atoms with Crippen molar-refractivity contribution < 1.29 is 19.4 Å².